The first-order valence-electron chi connectivity index (χ1n) is 7.61. The molecule has 1 aromatic rings. The van der Waals surface area contributed by atoms with Gasteiger partial charge in [0.25, 0.3) is 11.8 Å². The highest BCUT2D eigenvalue weighted by Gasteiger charge is 2.48. The Balaban J connectivity index is 1.68. The highest BCUT2D eigenvalue weighted by molar-refractivity contribution is 6.04. The van der Waals surface area contributed by atoms with E-state index in [4.69, 9.17) is 0 Å². The van der Waals surface area contributed by atoms with Gasteiger partial charge in [0.05, 0.1) is 16.9 Å². The van der Waals surface area contributed by atoms with E-state index < -0.39 is 11.7 Å². The Morgan fingerprint density at radius 2 is 2.09 bits per heavy atom. The van der Waals surface area contributed by atoms with Crippen molar-refractivity contribution in [1.82, 2.24) is 10.6 Å². The van der Waals surface area contributed by atoms with Gasteiger partial charge in [-0.2, -0.15) is 0 Å². The summed E-state index contributed by atoms with van der Waals surface area (Å²) in [5, 5.41) is 5.94. The lowest BCUT2D eigenvalue weighted by molar-refractivity contribution is -0.0946. The minimum atomic E-state index is -2.60. The summed E-state index contributed by atoms with van der Waals surface area (Å²) in [7, 11) is 1.77. The summed E-state index contributed by atoms with van der Waals surface area (Å²) in [5.74, 6) is -3.40. The second-order valence-electron chi connectivity index (χ2n) is 6.38. The number of carbonyl (C=O) groups excluding carboxylic acids is 1. The molecule has 1 aromatic carbocycles. The van der Waals surface area contributed by atoms with E-state index in [1.807, 2.05) is 4.90 Å². The largest absolute Gasteiger partial charge is 0.350 e. The average Bonchev–Trinajstić information content (AvgIpc) is 2.60. The maximum Gasteiger partial charge on any atom is 0.253 e. The van der Waals surface area contributed by atoms with Gasteiger partial charge in [-0.25, -0.2) is 13.2 Å². The van der Waals surface area contributed by atoms with Gasteiger partial charge in [-0.3, -0.25) is 10.1 Å². The van der Waals surface area contributed by atoms with E-state index in [0.29, 0.717) is 24.5 Å². The molecule has 0 bridgehead atoms. The zero-order valence-electron chi connectivity index (χ0n) is 12.6. The summed E-state index contributed by atoms with van der Waals surface area (Å²) in [4.78, 5) is 15.9. The molecular formula is C15H17F3N4O. The standard InChI is InChI=1S/C15H17F3N4O/c1-21-11-5-8(16)4-10-12(11)22(3-2-19-13(10)23)14(21)20-9-6-15(17,18)7-9/h4-5,9,14,20H,2-3,6-7H2,1H3,(H,19,23). The molecule has 2 heterocycles. The van der Waals surface area contributed by atoms with Crippen molar-refractivity contribution in [2.75, 3.05) is 29.9 Å². The smallest absolute Gasteiger partial charge is 0.253 e. The van der Waals surface area contributed by atoms with Crippen LogP contribution in [0.15, 0.2) is 12.1 Å². The van der Waals surface area contributed by atoms with Crippen molar-refractivity contribution < 1.29 is 18.0 Å². The molecule has 1 fully saturated rings. The quantitative estimate of drug-likeness (QED) is 0.865. The van der Waals surface area contributed by atoms with Gasteiger partial charge in [-0.05, 0) is 12.1 Å². The van der Waals surface area contributed by atoms with Crippen molar-refractivity contribution in [3.05, 3.63) is 23.5 Å². The fraction of sp³-hybridized carbons (Fsp3) is 0.533. The lowest BCUT2D eigenvalue weighted by Crippen LogP contribution is -2.60. The Morgan fingerprint density at radius 3 is 2.78 bits per heavy atom. The molecular weight excluding hydrogens is 309 g/mol. The normalized spacial score (nSPS) is 25.7. The lowest BCUT2D eigenvalue weighted by atomic mass is 9.88. The van der Waals surface area contributed by atoms with Crippen molar-refractivity contribution in [3.8, 4) is 0 Å². The number of nitrogens with one attached hydrogen (secondary N) is 2. The number of hydrogen-bond donors (Lipinski definition) is 2. The molecule has 5 nitrogen and oxygen atoms in total. The van der Waals surface area contributed by atoms with Crippen LogP contribution in [0.25, 0.3) is 0 Å². The van der Waals surface area contributed by atoms with E-state index in [-0.39, 0.29) is 36.6 Å². The number of carbonyl (C=O) groups is 1. The number of benzene rings is 1. The van der Waals surface area contributed by atoms with Crippen LogP contribution in [-0.4, -0.2) is 44.3 Å². The molecule has 1 amide bonds. The predicted molar refractivity (Wildman–Crippen MR) is 79.4 cm³/mol. The molecule has 4 rings (SSSR count). The van der Waals surface area contributed by atoms with E-state index in [0.717, 1.165) is 0 Å². The van der Waals surface area contributed by atoms with Gasteiger partial charge in [0.2, 0.25) is 0 Å². The Bertz CT molecular complexity index is 673. The van der Waals surface area contributed by atoms with Crippen molar-refractivity contribution in [2.45, 2.75) is 31.1 Å². The molecule has 0 spiro atoms. The van der Waals surface area contributed by atoms with E-state index >= 15 is 0 Å². The van der Waals surface area contributed by atoms with Gasteiger partial charge in [-0.15, -0.1) is 0 Å². The molecule has 1 aliphatic carbocycles. The minimum absolute atomic E-state index is 0.195. The van der Waals surface area contributed by atoms with Crippen molar-refractivity contribution in [1.29, 1.82) is 0 Å². The Kier molecular flexibility index (Phi) is 3.03. The highest BCUT2D eigenvalue weighted by atomic mass is 19.3. The summed E-state index contributed by atoms with van der Waals surface area (Å²) in [5.41, 5.74) is 1.54. The van der Waals surface area contributed by atoms with Crippen molar-refractivity contribution >= 4 is 17.3 Å². The highest BCUT2D eigenvalue weighted by Crippen LogP contribution is 2.44. The molecule has 124 valence electrons. The van der Waals surface area contributed by atoms with Crippen molar-refractivity contribution in [3.63, 3.8) is 0 Å². The van der Waals surface area contributed by atoms with Gasteiger partial charge in [0, 0.05) is 39.0 Å². The third-order valence-corrected chi connectivity index (χ3v) is 4.74. The third-order valence-electron chi connectivity index (χ3n) is 4.74. The topological polar surface area (TPSA) is 47.6 Å². The number of rotatable bonds is 2. The summed E-state index contributed by atoms with van der Waals surface area (Å²) >= 11 is 0. The summed E-state index contributed by atoms with van der Waals surface area (Å²) in [6.45, 7) is 0.948. The van der Waals surface area contributed by atoms with Crippen LogP contribution in [0, 0.1) is 5.82 Å². The number of nitrogens with zero attached hydrogens (tertiary/aromatic N) is 2. The molecule has 23 heavy (non-hydrogen) atoms. The molecule has 1 saturated carbocycles. The monoisotopic (exact) mass is 326 g/mol. The molecule has 0 aromatic heterocycles. The second kappa shape index (κ2) is 4.77. The van der Waals surface area contributed by atoms with Crippen LogP contribution in [0.2, 0.25) is 0 Å². The Hall–Kier alpha value is -1.96. The number of alkyl halides is 2. The van der Waals surface area contributed by atoms with Crippen LogP contribution >= 0.6 is 0 Å². The van der Waals surface area contributed by atoms with Crippen LogP contribution in [0.4, 0.5) is 24.5 Å². The first kappa shape index (κ1) is 14.6. The fourth-order valence-electron chi connectivity index (χ4n) is 3.60. The maximum atomic E-state index is 13.9. The lowest BCUT2D eigenvalue weighted by Gasteiger charge is -2.41. The van der Waals surface area contributed by atoms with Gasteiger partial charge >= 0.3 is 0 Å². The predicted octanol–water partition coefficient (Wildman–Crippen LogP) is 1.50. The van der Waals surface area contributed by atoms with Crippen LogP contribution in [0.5, 0.6) is 0 Å². The number of hydrogen-bond acceptors (Lipinski definition) is 4. The molecule has 2 aliphatic heterocycles. The van der Waals surface area contributed by atoms with Gasteiger partial charge in [0.1, 0.15) is 5.82 Å². The van der Waals surface area contributed by atoms with Crippen molar-refractivity contribution in [2.24, 2.45) is 0 Å². The Morgan fingerprint density at radius 1 is 1.35 bits per heavy atom. The van der Waals surface area contributed by atoms with Crippen LogP contribution < -0.4 is 20.4 Å². The van der Waals surface area contributed by atoms with Crippen LogP contribution in [-0.2, 0) is 0 Å². The molecule has 1 atom stereocenters. The molecule has 0 radical (unpaired) electrons. The zero-order chi connectivity index (χ0) is 16.4. The van der Waals surface area contributed by atoms with Crippen LogP contribution in [0.3, 0.4) is 0 Å². The first-order valence-corrected chi connectivity index (χ1v) is 7.61. The maximum absolute atomic E-state index is 13.9. The molecule has 1 unspecified atom stereocenters. The zero-order valence-corrected chi connectivity index (χ0v) is 12.6. The third kappa shape index (κ3) is 2.23. The Labute approximate surface area is 131 Å². The van der Waals surface area contributed by atoms with Crippen LogP contribution in [0.1, 0.15) is 23.2 Å². The minimum Gasteiger partial charge on any atom is -0.350 e. The number of anilines is 2. The van der Waals surface area contributed by atoms with E-state index in [2.05, 4.69) is 10.6 Å². The summed E-state index contributed by atoms with van der Waals surface area (Å²) < 4.78 is 40.0. The van der Waals surface area contributed by atoms with Gasteiger partial charge < -0.3 is 15.1 Å². The van der Waals surface area contributed by atoms with Gasteiger partial charge in [-0.1, -0.05) is 0 Å². The second-order valence-corrected chi connectivity index (χ2v) is 6.38. The molecule has 0 saturated heterocycles. The fourth-order valence-corrected chi connectivity index (χ4v) is 3.60. The van der Waals surface area contributed by atoms with Gasteiger partial charge in [0.15, 0.2) is 6.29 Å². The average molecular weight is 326 g/mol. The number of halogens is 3. The summed E-state index contributed by atoms with van der Waals surface area (Å²) in [6.07, 6.45) is -0.751. The summed E-state index contributed by atoms with van der Waals surface area (Å²) in [6, 6.07) is 2.31. The molecule has 2 N–H and O–H groups in total. The van der Waals surface area contributed by atoms with E-state index in [1.54, 1.807) is 11.9 Å². The molecule has 8 heteroatoms. The molecule has 3 aliphatic rings. The van der Waals surface area contributed by atoms with E-state index in [1.165, 1.54) is 12.1 Å². The SMILES string of the molecule is CN1c2cc(F)cc3c2N(CCNC3=O)C1NC1CC(F)(F)C1. The van der Waals surface area contributed by atoms with E-state index in [9.17, 15) is 18.0 Å². The first-order chi connectivity index (χ1) is 10.9. The number of amides is 1.